The molecule has 4 rings (SSSR count). The second-order valence-electron chi connectivity index (χ2n) is 17.0. The van der Waals surface area contributed by atoms with E-state index in [2.05, 4.69) is 67.5 Å². The molecular weight excluding hydrogens is 601 g/mol. The van der Waals surface area contributed by atoms with Crippen molar-refractivity contribution < 1.29 is 18.7 Å². The van der Waals surface area contributed by atoms with Crippen LogP contribution in [0.1, 0.15) is 127 Å². The van der Waals surface area contributed by atoms with E-state index in [-0.39, 0.29) is 23.2 Å². The minimum Gasteiger partial charge on any atom is -0.413 e. The molecule has 0 spiro atoms. The first-order chi connectivity index (χ1) is 21.6. The average molecular weight is 673 g/mol. The van der Waals surface area contributed by atoms with Crippen LogP contribution in [0, 0.1) is 23.2 Å². The normalized spacial score (nSPS) is 36.2. The van der Waals surface area contributed by atoms with Crippen LogP contribution in [-0.2, 0) is 13.6 Å². The third-order valence-electron chi connectivity index (χ3n) is 13.7. The van der Waals surface area contributed by atoms with Crippen molar-refractivity contribution in [2.24, 2.45) is 23.2 Å². The summed E-state index contributed by atoms with van der Waals surface area (Å²) in [6.45, 7) is 28.4. The maximum Gasteiger partial charge on any atom is 0.192 e. The van der Waals surface area contributed by atoms with Gasteiger partial charge in [0.2, 0.25) is 0 Å². The SMILES string of the molecule is C=C1/C(=C/C=C2\CCC[C@@]3(C)[C@H]2CC[C@@H]3[C@]2(C)C[C@H](CC(C)(C)O)CO2)C[C@@H](O[Si](CC)(CC)CC)C[C@@H]1O[Si](CC)(CC)CC. The Hall–Kier alpha value is -0.506. The largest absolute Gasteiger partial charge is 0.413 e. The fourth-order valence-electron chi connectivity index (χ4n) is 10.6. The van der Waals surface area contributed by atoms with E-state index in [0.717, 1.165) is 32.3 Å². The third kappa shape index (κ3) is 8.10. The van der Waals surface area contributed by atoms with E-state index in [1.807, 2.05) is 13.8 Å². The highest BCUT2D eigenvalue weighted by Gasteiger charge is 2.58. The highest BCUT2D eigenvalue weighted by atomic mass is 28.4. The van der Waals surface area contributed by atoms with Gasteiger partial charge in [-0.15, -0.1) is 0 Å². The van der Waals surface area contributed by atoms with Crippen molar-refractivity contribution in [2.75, 3.05) is 6.61 Å². The van der Waals surface area contributed by atoms with Gasteiger partial charge in [0.25, 0.3) is 0 Å². The fourth-order valence-corrected chi connectivity index (χ4v) is 16.3. The zero-order chi connectivity index (χ0) is 34.0. The lowest BCUT2D eigenvalue weighted by atomic mass is 9.59. The lowest BCUT2D eigenvalue weighted by Gasteiger charge is -2.47. The van der Waals surface area contributed by atoms with E-state index in [1.165, 1.54) is 79.5 Å². The summed E-state index contributed by atoms with van der Waals surface area (Å²) in [4.78, 5) is 0. The van der Waals surface area contributed by atoms with Crippen LogP contribution < -0.4 is 0 Å². The van der Waals surface area contributed by atoms with Gasteiger partial charge in [0.1, 0.15) is 0 Å². The van der Waals surface area contributed by atoms with Crippen molar-refractivity contribution in [3.05, 3.63) is 35.5 Å². The van der Waals surface area contributed by atoms with Crippen molar-refractivity contribution in [1.29, 1.82) is 0 Å². The Morgan fingerprint density at radius 1 is 0.935 bits per heavy atom. The van der Waals surface area contributed by atoms with Gasteiger partial charge in [-0.25, -0.2) is 0 Å². The van der Waals surface area contributed by atoms with Crippen LogP contribution in [0.4, 0.5) is 0 Å². The molecule has 1 heterocycles. The van der Waals surface area contributed by atoms with E-state index in [1.54, 1.807) is 5.57 Å². The Bertz CT molecular complexity index is 1080. The lowest BCUT2D eigenvalue weighted by molar-refractivity contribution is -0.0753. The summed E-state index contributed by atoms with van der Waals surface area (Å²) in [5, 5.41) is 10.5. The molecule has 0 aromatic rings. The Morgan fingerprint density at radius 2 is 1.54 bits per heavy atom. The van der Waals surface area contributed by atoms with Gasteiger partial charge in [0, 0.05) is 6.42 Å². The number of fused-ring (bicyclic) bond motifs is 1. The van der Waals surface area contributed by atoms with Crippen LogP contribution in [0.5, 0.6) is 0 Å². The van der Waals surface area contributed by atoms with Crippen molar-refractivity contribution in [1.82, 2.24) is 0 Å². The zero-order valence-corrected chi connectivity index (χ0v) is 33.7. The molecule has 0 aromatic carbocycles. The van der Waals surface area contributed by atoms with Crippen molar-refractivity contribution in [2.45, 2.75) is 187 Å². The molecule has 1 N–H and O–H groups in total. The van der Waals surface area contributed by atoms with Gasteiger partial charge in [-0.05, 0) is 143 Å². The molecule has 264 valence electrons. The third-order valence-corrected chi connectivity index (χ3v) is 23.1. The van der Waals surface area contributed by atoms with E-state index in [0.29, 0.717) is 17.8 Å². The number of hydrogen-bond donors (Lipinski definition) is 1. The van der Waals surface area contributed by atoms with E-state index in [9.17, 15) is 5.11 Å². The molecule has 0 aromatic heterocycles. The molecular formula is C40H72O4Si2. The van der Waals surface area contributed by atoms with E-state index >= 15 is 0 Å². The van der Waals surface area contributed by atoms with Crippen LogP contribution in [0.3, 0.4) is 0 Å². The van der Waals surface area contributed by atoms with Gasteiger partial charge in [0.05, 0.1) is 30.0 Å². The predicted molar refractivity (Wildman–Crippen MR) is 200 cm³/mol. The van der Waals surface area contributed by atoms with Gasteiger partial charge in [-0.3, -0.25) is 0 Å². The average Bonchev–Trinajstić information content (AvgIpc) is 3.58. The minimum absolute atomic E-state index is 0.0796. The molecule has 1 aliphatic heterocycles. The Labute approximate surface area is 286 Å². The molecule has 6 heteroatoms. The maximum absolute atomic E-state index is 10.5. The van der Waals surface area contributed by atoms with Crippen LogP contribution in [-0.4, -0.2) is 51.8 Å². The molecule has 4 aliphatic rings. The number of ether oxygens (including phenoxy) is 1. The van der Waals surface area contributed by atoms with Gasteiger partial charge >= 0.3 is 0 Å². The van der Waals surface area contributed by atoms with Crippen molar-refractivity contribution in [3.63, 3.8) is 0 Å². The monoisotopic (exact) mass is 672 g/mol. The first-order valence-corrected chi connectivity index (χ1v) is 24.5. The van der Waals surface area contributed by atoms with Crippen LogP contribution in [0.2, 0.25) is 36.3 Å². The summed E-state index contributed by atoms with van der Waals surface area (Å²) < 4.78 is 21.1. The Balaban J connectivity index is 1.59. The highest BCUT2D eigenvalue weighted by molar-refractivity contribution is 6.74. The first-order valence-electron chi connectivity index (χ1n) is 19.5. The lowest BCUT2D eigenvalue weighted by Crippen LogP contribution is -2.46. The van der Waals surface area contributed by atoms with Gasteiger partial charge in [-0.2, -0.15) is 0 Å². The fraction of sp³-hybridized carbons (Fsp3) is 0.850. The Morgan fingerprint density at radius 3 is 2.13 bits per heavy atom. The second-order valence-corrected chi connectivity index (χ2v) is 26.4. The molecule has 4 fully saturated rings. The summed E-state index contributed by atoms with van der Waals surface area (Å²) in [5.74, 6) is 1.63. The molecule has 7 atom stereocenters. The maximum atomic E-state index is 10.5. The minimum atomic E-state index is -1.79. The molecule has 0 unspecified atom stereocenters. The first kappa shape index (κ1) is 38.3. The molecule has 3 saturated carbocycles. The molecule has 0 radical (unpaired) electrons. The van der Waals surface area contributed by atoms with Crippen LogP contribution in [0.25, 0.3) is 0 Å². The number of allylic oxidation sites excluding steroid dienone is 3. The summed E-state index contributed by atoms with van der Waals surface area (Å²) in [5.41, 5.74) is 3.78. The topological polar surface area (TPSA) is 47.9 Å². The quantitative estimate of drug-likeness (QED) is 0.187. The predicted octanol–water partition coefficient (Wildman–Crippen LogP) is 11.1. The van der Waals surface area contributed by atoms with Crippen LogP contribution >= 0.6 is 0 Å². The summed E-state index contributed by atoms with van der Waals surface area (Å²) >= 11 is 0. The van der Waals surface area contributed by atoms with Crippen molar-refractivity contribution in [3.8, 4) is 0 Å². The molecule has 0 amide bonds. The Kier molecular flexibility index (Phi) is 12.6. The molecule has 46 heavy (non-hydrogen) atoms. The summed E-state index contributed by atoms with van der Waals surface area (Å²) in [7, 11) is -3.53. The van der Waals surface area contributed by atoms with Crippen molar-refractivity contribution >= 4 is 16.6 Å². The highest BCUT2D eigenvalue weighted by Crippen LogP contribution is 2.62. The smallest absolute Gasteiger partial charge is 0.192 e. The molecule has 3 aliphatic carbocycles. The molecule has 0 bridgehead atoms. The van der Waals surface area contributed by atoms with Gasteiger partial charge in [0.15, 0.2) is 16.6 Å². The number of hydrogen-bond acceptors (Lipinski definition) is 4. The number of aliphatic hydroxyl groups is 1. The summed E-state index contributed by atoms with van der Waals surface area (Å²) in [6, 6.07) is 7.06. The summed E-state index contributed by atoms with van der Waals surface area (Å²) in [6.07, 6.45) is 15.4. The van der Waals surface area contributed by atoms with Crippen LogP contribution in [0.15, 0.2) is 35.5 Å². The standard InChI is InChI=1S/C40H72O4Si2/c1-12-45(13-2,14-3)43-34-25-33(30(7)36(26-34)44-46(15-4,16-5)17-6)21-20-32-19-18-24-39(10)35(32)22-23-37(39)40(11)28-31(29-42-40)27-38(8,9)41/h20-21,31,34-37,41H,7,12-19,22-29H2,1-6,8-11H3/b32-20+,33-21+/t31-,34+,35-,36-,37-,39-,40-/m0/s1. The molecule has 1 saturated heterocycles. The zero-order valence-electron chi connectivity index (χ0n) is 31.7. The van der Waals surface area contributed by atoms with E-state index < -0.39 is 22.2 Å². The molecule has 4 nitrogen and oxygen atoms in total. The van der Waals surface area contributed by atoms with Gasteiger partial charge < -0.3 is 18.7 Å². The second kappa shape index (κ2) is 15.2. The van der Waals surface area contributed by atoms with E-state index in [4.69, 9.17) is 20.2 Å². The number of rotatable bonds is 14. The van der Waals surface area contributed by atoms with Gasteiger partial charge in [-0.1, -0.05) is 72.8 Å².